The zero-order valence-electron chi connectivity index (χ0n) is 16.1. The fraction of sp³-hybridized carbons (Fsp3) is 0.130. The minimum atomic E-state index is -2.73. The topological polar surface area (TPSA) is 38.8 Å². The van der Waals surface area contributed by atoms with Crippen LogP contribution in [-0.4, -0.2) is 7.05 Å². The van der Waals surface area contributed by atoms with Crippen molar-refractivity contribution in [3.8, 4) is 5.75 Å². The van der Waals surface area contributed by atoms with Crippen molar-refractivity contribution in [3.63, 3.8) is 0 Å². The summed E-state index contributed by atoms with van der Waals surface area (Å²) in [4.78, 5) is 2.15. The molecule has 5 heteroatoms. The first-order chi connectivity index (χ1) is 13.5. The maximum Gasteiger partial charge on any atom is 0.418 e. The molecule has 1 heterocycles. The van der Waals surface area contributed by atoms with Crippen LogP contribution in [0.4, 0.5) is 11.4 Å². The van der Waals surface area contributed by atoms with Crippen LogP contribution in [0.15, 0.2) is 73.0 Å². The van der Waals surface area contributed by atoms with Crippen LogP contribution in [0.25, 0.3) is 5.57 Å². The van der Waals surface area contributed by atoms with E-state index >= 15 is 0 Å². The van der Waals surface area contributed by atoms with Gasteiger partial charge in [0, 0.05) is 35.1 Å². The molecular formula is C23H22NO3P. The number of rotatable bonds is 4. The number of benzene rings is 3. The molecule has 1 unspecified atom stereocenters. The Kier molecular flexibility index (Phi) is 4.97. The summed E-state index contributed by atoms with van der Waals surface area (Å²) in [6, 6.07) is 22.0. The number of hydrogen-bond donors (Lipinski definition) is 0. The third kappa shape index (κ3) is 3.56. The molecule has 3 aromatic rings. The van der Waals surface area contributed by atoms with E-state index in [1.54, 1.807) is 6.26 Å². The Balaban J connectivity index is 1.64. The Morgan fingerprint density at radius 3 is 1.96 bits per heavy atom. The van der Waals surface area contributed by atoms with Crippen LogP contribution in [0.3, 0.4) is 0 Å². The largest absolute Gasteiger partial charge is 0.425 e. The summed E-state index contributed by atoms with van der Waals surface area (Å²) in [5, 5.41) is 0. The molecular weight excluding hydrogens is 369 g/mol. The standard InChI is InChI=1S/C23H22NO3P/c1-16-12-17(2)14-18(13-16)27-28(25)26-15-21-19-8-4-6-10-22(19)24(3)23-11-7-5-9-20(21)23/h4-15,28H,1-3H3. The number of para-hydroxylation sites is 2. The molecule has 0 N–H and O–H groups in total. The highest BCUT2D eigenvalue weighted by Crippen LogP contribution is 2.44. The number of hydrogen-bond acceptors (Lipinski definition) is 4. The quantitative estimate of drug-likeness (QED) is 0.389. The van der Waals surface area contributed by atoms with Gasteiger partial charge < -0.3 is 13.9 Å². The van der Waals surface area contributed by atoms with Crippen molar-refractivity contribution >= 4 is 25.2 Å². The highest BCUT2D eigenvalue weighted by Gasteiger charge is 2.23. The smallest absolute Gasteiger partial charge is 0.418 e. The molecule has 1 atom stereocenters. The summed E-state index contributed by atoms with van der Waals surface area (Å²) in [5.74, 6) is 0.559. The molecule has 0 aliphatic carbocycles. The zero-order valence-corrected chi connectivity index (χ0v) is 17.1. The lowest BCUT2D eigenvalue weighted by molar-refractivity contribution is 0.384. The molecule has 3 aromatic carbocycles. The van der Waals surface area contributed by atoms with Crippen molar-refractivity contribution in [2.45, 2.75) is 13.8 Å². The van der Waals surface area contributed by atoms with E-state index in [1.807, 2.05) is 75.5 Å². The van der Waals surface area contributed by atoms with Gasteiger partial charge in [0.2, 0.25) is 0 Å². The predicted octanol–water partition coefficient (Wildman–Crippen LogP) is 6.26. The number of fused-ring (bicyclic) bond motifs is 2. The Morgan fingerprint density at radius 2 is 1.39 bits per heavy atom. The van der Waals surface area contributed by atoms with Gasteiger partial charge in [0.1, 0.15) is 12.0 Å². The van der Waals surface area contributed by atoms with Crippen molar-refractivity contribution < 1.29 is 13.6 Å². The molecule has 0 saturated carbocycles. The first kappa shape index (κ1) is 18.4. The summed E-state index contributed by atoms with van der Waals surface area (Å²) in [6.07, 6.45) is 1.56. The van der Waals surface area contributed by atoms with Gasteiger partial charge in [-0.2, -0.15) is 0 Å². The van der Waals surface area contributed by atoms with Crippen LogP contribution in [0.1, 0.15) is 22.3 Å². The maximum atomic E-state index is 12.5. The van der Waals surface area contributed by atoms with Crippen molar-refractivity contribution in [2.24, 2.45) is 0 Å². The van der Waals surface area contributed by atoms with Crippen LogP contribution < -0.4 is 9.42 Å². The highest BCUT2D eigenvalue weighted by molar-refractivity contribution is 7.33. The SMILES string of the molecule is Cc1cc(C)cc(O[PH](=O)OC=C2c3ccccc3N(C)c3ccccc32)c1. The van der Waals surface area contributed by atoms with E-state index in [-0.39, 0.29) is 0 Å². The number of aryl methyl sites for hydroxylation is 2. The molecule has 4 nitrogen and oxygen atoms in total. The van der Waals surface area contributed by atoms with Crippen molar-refractivity contribution in [3.05, 3.63) is 95.2 Å². The van der Waals surface area contributed by atoms with Gasteiger partial charge in [-0.3, -0.25) is 0 Å². The first-order valence-electron chi connectivity index (χ1n) is 9.12. The molecule has 1 aliphatic rings. The maximum absolute atomic E-state index is 12.5. The fourth-order valence-corrected chi connectivity index (χ4v) is 4.18. The minimum absolute atomic E-state index is 0.559. The molecule has 28 heavy (non-hydrogen) atoms. The summed E-state index contributed by atoms with van der Waals surface area (Å²) in [5.41, 5.74) is 7.22. The second kappa shape index (κ2) is 7.57. The van der Waals surface area contributed by atoms with Gasteiger partial charge in [0.25, 0.3) is 0 Å². The molecule has 1 aliphatic heterocycles. The van der Waals surface area contributed by atoms with Crippen LogP contribution >= 0.6 is 8.25 Å². The second-order valence-electron chi connectivity index (χ2n) is 6.92. The van der Waals surface area contributed by atoms with Gasteiger partial charge in [-0.1, -0.05) is 42.5 Å². The van der Waals surface area contributed by atoms with E-state index in [9.17, 15) is 4.57 Å². The third-order valence-corrected chi connectivity index (χ3v) is 5.49. The summed E-state index contributed by atoms with van der Waals surface area (Å²) >= 11 is 0. The van der Waals surface area contributed by atoms with E-state index in [0.717, 1.165) is 39.2 Å². The van der Waals surface area contributed by atoms with E-state index in [1.165, 1.54) is 0 Å². The first-order valence-corrected chi connectivity index (χ1v) is 10.3. The Labute approximate surface area is 166 Å². The second-order valence-corrected chi connectivity index (χ2v) is 7.86. The van der Waals surface area contributed by atoms with Crippen molar-refractivity contribution in [1.82, 2.24) is 0 Å². The Bertz CT molecular complexity index is 1020. The fourth-order valence-electron chi connectivity index (χ4n) is 3.61. The molecule has 4 rings (SSSR count). The molecule has 0 spiro atoms. The van der Waals surface area contributed by atoms with E-state index < -0.39 is 8.25 Å². The molecule has 0 saturated heterocycles. The van der Waals surface area contributed by atoms with Gasteiger partial charge in [0.15, 0.2) is 0 Å². The average Bonchev–Trinajstić information content (AvgIpc) is 2.67. The normalized spacial score (nSPS) is 13.4. The predicted molar refractivity (Wildman–Crippen MR) is 115 cm³/mol. The Morgan fingerprint density at radius 1 is 0.857 bits per heavy atom. The molecule has 142 valence electrons. The molecule has 0 fully saturated rings. The lowest BCUT2D eigenvalue weighted by atomic mass is 9.91. The van der Waals surface area contributed by atoms with Crippen LogP contribution in [0.5, 0.6) is 5.75 Å². The summed E-state index contributed by atoms with van der Waals surface area (Å²) in [7, 11) is -0.688. The van der Waals surface area contributed by atoms with Gasteiger partial charge in [-0.05, 0) is 49.2 Å². The Hall–Kier alpha value is -2.97. The molecule has 0 bridgehead atoms. The summed E-state index contributed by atoms with van der Waals surface area (Å²) < 4.78 is 23.5. The highest BCUT2D eigenvalue weighted by atomic mass is 31.1. The van der Waals surface area contributed by atoms with E-state index in [0.29, 0.717) is 5.75 Å². The van der Waals surface area contributed by atoms with Crippen LogP contribution in [0, 0.1) is 13.8 Å². The van der Waals surface area contributed by atoms with Crippen molar-refractivity contribution in [1.29, 1.82) is 0 Å². The van der Waals surface area contributed by atoms with Gasteiger partial charge in [-0.15, -0.1) is 0 Å². The lowest BCUT2D eigenvalue weighted by Gasteiger charge is -2.31. The molecule has 0 radical (unpaired) electrons. The van der Waals surface area contributed by atoms with Crippen LogP contribution in [0.2, 0.25) is 0 Å². The molecule has 0 aromatic heterocycles. The van der Waals surface area contributed by atoms with E-state index in [2.05, 4.69) is 17.0 Å². The monoisotopic (exact) mass is 391 g/mol. The zero-order chi connectivity index (χ0) is 19.7. The van der Waals surface area contributed by atoms with E-state index in [4.69, 9.17) is 9.05 Å². The average molecular weight is 391 g/mol. The van der Waals surface area contributed by atoms with Crippen molar-refractivity contribution in [2.75, 3.05) is 11.9 Å². The number of anilines is 2. The lowest BCUT2D eigenvalue weighted by Crippen LogP contribution is -2.17. The third-order valence-electron chi connectivity index (χ3n) is 4.78. The van der Waals surface area contributed by atoms with Gasteiger partial charge in [0.05, 0.1) is 0 Å². The molecule has 0 amide bonds. The van der Waals surface area contributed by atoms with Gasteiger partial charge >= 0.3 is 8.25 Å². The van der Waals surface area contributed by atoms with Crippen LogP contribution in [-0.2, 0) is 9.09 Å². The van der Waals surface area contributed by atoms with Gasteiger partial charge in [-0.25, -0.2) is 4.57 Å². The minimum Gasteiger partial charge on any atom is -0.425 e. The number of nitrogens with zero attached hydrogens (tertiary/aromatic N) is 1. The summed E-state index contributed by atoms with van der Waals surface area (Å²) in [6.45, 7) is 3.96.